The predicted octanol–water partition coefficient (Wildman–Crippen LogP) is 3.49. The first-order valence-electron chi connectivity index (χ1n) is 7.47. The van der Waals surface area contributed by atoms with Crippen molar-refractivity contribution in [3.05, 3.63) is 46.7 Å². The lowest BCUT2D eigenvalue weighted by molar-refractivity contribution is -0.139. The van der Waals surface area contributed by atoms with E-state index in [1.54, 1.807) is 13.8 Å². The Balaban J connectivity index is 2.49. The summed E-state index contributed by atoms with van der Waals surface area (Å²) in [6.07, 6.45) is -4.42. The largest absolute Gasteiger partial charge is 0.466 e. The van der Waals surface area contributed by atoms with Crippen LogP contribution in [-0.4, -0.2) is 30.4 Å². The van der Waals surface area contributed by atoms with Crippen LogP contribution in [0.1, 0.15) is 37.3 Å². The fourth-order valence-corrected chi connectivity index (χ4v) is 2.97. The van der Waals surface area contributed by atoms with Crippen molar-refractivity contribution >= 4 is 11.9 Å². The van der Waals surface area contributed by atoms with Crippen LogP contribution in [0.2, 0.25) is 0 Å². The van der Waals surface area contributed by atoms with Crippen molar-refractivity contribution in [1.29, 1.82) is 0 Å². The predicted molar refractivity (Wildman–Crippen MR) is 80.9 cm³/mol. The molecule has 1 aromatic rings. The number of hydrogen-bond donors (Lipinski definition) is 0. The zero-order chi connectivity index (χ0) is 18.1. The fraction of sp³-hybridized carbons (Fsp3) is 0.412. The van der Waals surface area contributed by atoms with Crippen molar-refractivity contribution in [3.63, 3.8) is 0 Å². The van der Waals surface area contributed by atoms with Crippen LogP contribution in [-0.2, 0) is 20.5 Å². The van der Waals surface area contributed by atoms with Gasteiger partial charge in [0.05, 0.1) is 18.2 Å². The maximum Gasteiger partial charge on any atom is 0.416 e. The topological polar surface area (TPSA) is 46.6 Å². The molecule has 0 radical (unpaired) electrons. The van der Waals surface area contributed by atoms with Gasteiger partial charge in [0, 0.05) is 24.6 Å². The molecule has 4 nitrogen and oxygen atoms in total. The van der Waals surface area contributed by atoms with Gasteiger partial charge in [0.2, 0.25) is 5.91 Å². The Labute approximate surface area is 137 Å². The highest BCUT2D eigenvalue weighted by Crippen LogP contribution is 2.38. The first-order valence-corrected chi connectivity index (χ1v) is 7.47. The van der Waals surface area contributed by atoms with E-state index in [1.807, 2.05) is 0 Å². The minimum absolute atomic E-state index is 0.0149. The molecule has 1 aliphatic heterocycles. The quantitative estimate of drug-likeness (QED) is 0.791. The molecule has 24 heavy (non-hydrogen) atoms. The molecule has 1 aliphatic rings. The minimum Gasteiger partial charge on any atom is -0.466 e. The van der Waals surface area contributed by atoms with E-state index in [1.165, 1.54) is 24.1 Å². The van der Waals surface area contributed by atoms with Crippen LogP contribution < -0.4 is 0 Å². The summed E-state index contributed by atoms with van der Waals surface area (Å²) in [5.41, 5.74) is 0.486. The Kier molecular flexibility index (Phi) is 5.01. The third-order valence-corrected chi connectivity index (χ3v) is 4.18. The van der Waals surface area contributed by atoms with E-state index in [4.69, 9.17) is 4.74 Å². The second-order valence-electron chi connectivity index (χ2n) is 5.51. The Bertz CT molecular complexity index is 677. The summed E-state index contributed by atoms with van der Waals surface area (Å²) < 4.78 is 42.9. The number of amides is 1. The van der Waals surface area contributed by atoms with E-state index in [2.05, 4.69) is 0 Å². The molecule has 0 saturated heterocycles. The smallest absolute Gasteiger partial charge is 0.416 e. The van der Waals surface area contributed by atoms with E-state index in [0.29, 0.717) is 23.4 Å². The van der Waals surface area contributed by atoms with Gasteiger partial charge in [-0.1, -0.05) is 12.1 Å². The van der Waals surface area contributed by atoms with Crippen LogP contribution in [0.25, 0.3) is 0 Å². The maximum absolute atomic E-state index is 12.7. The molecule has 1 unspecified atom stereocenters. The molecule has 0 N–H and O–H groups in total. The van der Waals surface area contributed by atoms with E-state index in [-0.39, 0.29) is 12.3 Å². The summed E-state index contributed by atoms with van der Waals surface area (Å²) >= 11 is 0. The van der Waals surface area contributed by atoms with Gasteiger partial charge in [0.1, 0.15) is 0 Å². The number of rotatable bonds is 3. The third-order valence-electron chi connectivity index (χ3n) is 4.18. The molecular weight excluding hydrogens is 323 g/mol. The molecule has 1 aromatic carbocycles. The number of halogens is 3. The van der Waals surface area contributed by atoms with E-state index < -0.39 is 23.6 Å². The number of nitrogens with zero attached hydrogens (tertiary/aromatic N) is 1. The normalized spacial score (nSPS) is 18.8. The number of methoxy groups -OCH3 is 1. The number of carbonyl (C=O) groups is 2. The number of esters is 1. The van der Waals surface area contributed by atoms with E-state index in [9.17, 15) is 22.8 Å². The summed E-state index contributed by atoms with van der Waals surface area (Å²) in [5.74, 6) is -1.37. The second-order valence-corrected chi connectivity index (χ2v) is 5.51. The zero-order valence-corrected chi connectivity index (χ0v) is 13.6. The minimum atomic E-state index is -4.43. The molecule has 0 fully saturated rings. The van der Waals surface area contributed by atoms with Crippen molar-refractivity contribution in [3.8, 4) is 0 Å². The van der Waals surface area contributed by atoms with Gasteiger partial charge in [0.15, 0.2) is 0 Å². The molecule has 7 heteroatoms. The van der Waals surface area contributed by atoms with Crippen LogP contribution >= 0.6 is 0 Å². The molecule has 0 aromatic heterocycles. The first kappa shape index (κ1) is 18.0. The van der Waals surface area contributed by atoms with Gasteiger partial charge < -0.3 is 9.64 Å². The standard InChI is InChI=1S/C17H18F3NO3/c1-4-21-10(2)15(16(23)24-3)13(9-14(21)22)11-5-7-12(8-6-11)17(18,19)20/h5-8,13H,4,9H2,1-3H3. The molecule has 0 saturated carbocycles. The monoisotopic (exact) mass is 341 g/mol. The van der Waals surface area contributed by atoms with Gasteiger partial charge in [-0.25, -0.2) is 4.79 Å². The number of carbonyl (C=O) groups excluding carboxylic acids is 2. The van der Waals surface area contributed by atoms with Crippen molar-refractivity contribution in [2.45, 2.75) is 32.4 Å². The van der Waals surface area contributed by atoms with Crippen LogP contribution in [0.5, 0.6) is 0 Å². The molecule has 0 spiro atoms. The molecule has 2 rings (SSSR count). The first-order chi connectivity index (χ1) is 11.2. The number of ether oxygens (including phenoxy) is 1. The summed E-state index contributed by atoms with van der Waals surface area (Å²) in [6, 6.07) is 4.52. The highest BCUT2D eigenvalue weighted by molar-refractivity contribution is 5.95. The van der Waals surface area contributed by atoms with Crippen molar-refractivity contribution < 1.29 is 27.5 Å². The highest BCUT2D eigenvalue weighted by atomic mass is 19.4. The SMILES string of the molecule is CCN1C(=O)CC(c2ccc(C(F)(F)F)cc2)C(C(=O)OC)=C1C. The van der Waals surface area contributed by atoms with Crippen LogP contribution in [0, 0.1) is 0 Å². The summed E-state index contributed by atoms with van der Waals surface area (Å²) in [6.45, 7) is 3.84. The molecule has 0 aliphatic carbocycles. The average molecular weight is 341 g/mol. The molecule has 130 valence electrons. The van der Waals surface area contributed by atoms with Crippen LogP contribution in [0.3, 0.4) is 0 Å². The lowest BCUT2D eigenvalue weighted by Crippen LogP contribution is -2.38. The van der Waals surface area contributed by atoms with Crippen LogP contribution in [0.15, 0.2) is 35.5 Å². The Morgan fingerprint density at radius 3 is 2.33 bits per heavy atom. The fourth-order valence-electron chi connectivity index (χ4n) is 2.97. The maximum atomic E-state index is 12.7. The van der Waals surface area contributed by atoms with Crippen molar-refractivity contribution in [2.24, 2.45) is 0 Å². The van der Waals surface area contributed by atoms with Crippen molar-refractivity contribution in [1.82, 2.24) is 4.90 Å². The Morgan fingerprint density at radius 2 is 1.88 bits per heavy atom. The Morgan fingerprint density at radius 1 is 1.29 bits per heavy atom. The number of benzene rings is 1. The molecular formula is C17H18F3NO3. The van der Waals surface area contributed by atoms with Gasteiger partial charge in [-0.05, 0) is 31.5 Å². The number of hydrogen-bond acceptors (Lipinski definition) is 3. The average Bonchev–Trinajstić information content (AvgIpc) is 2.53. The lowest BCUT2D eigenvalue weighted by atomic mass is 9.83. The van der Waals surface area contributed by atoms with Crippen LogP contribution in [0.4, 0.5) is 13.2 Å². The molecule has 0 bridgehead atoms. The molecule has 1 atom stereocenters. The second kappa shape index (κ2) is 6.67. The zero-order valence-electron chi connectivity index (χ0n) is 13.6. The molecule has 1 amide bonds. The van der Waals surface area contributed by atoms with Gasteiger partial charge >= 0.3 is 12.1 Å². The Hall–Kier alpha value is -2.31. The van der Waals surface area contributed by atoms with Gasteiger partial charge in [-0.3, -0.25) is 4.79 Å². The van der Waals surface area contributed by atoms with E-state index >= 15 is 0 Å². The molecule has 1 heterocycles. The third kappa shape index (κ3) is 3.29. The van der Waals surface area contributed by atoms with Gasteiger partial charge in [-0.15, -0.1) is 0 Å². The highest BCUT2D eigenvalue weighted by Gasteiger charge is 2.37. The summed E-state index contributed by atoms with van der Waals surface area (Å²) in [7, 11) is 1.24. The lowest BCUT2D eigenvalue weighted by Gasteiger charge is -2.33. The number of allylic oxidation sites excluding steroid dienone is 1. The van der Waals surface area contributed by atoms with E-state index in [0.717, 1.165) is 12.1 Å². The van der Waals surface area contributed by atoms with Gasteiger partial charge in [0.25, 0.3) is 0 Å². The van der Waals surface area contributed by atoms with Crippen molar-refractivity contribution in [2.75, 3.05) is 13.7 Å². The summed E-state index contributed by atoms with van der Waals surface area (Å²) in [4.78, 5) is 25.9. The number of alkyl halides is 3. The summed E-state index contributed by atoms with van der Waals surface area (Å²) in [5, 5.41) is 0. The van der Waals surface area contributed by atoms with Gasteiger partial charge in [-0.2, -0.15) is 13.2 Å².